The highest BCUT2D eigenvalue weighted by molar-refractivity contribution is 6.33. The highest BCUT2D eigenvalue weighted by Gasteiger charge is 2.43. The second-order valence-corrected chi connectivity index (χ2v) is 8.29. The summed E-state index contributed by atoms with van der Waals surface area (Å²) in [7, 11) is 3.93. The van der Waals surface area contributed by atoms with Crippen LogP contribution < -0.4 is 4.90 Å². The van der Waals surface area contributed by atoms with E-state index < -0.39 is 5.92 Å². The van der Waals surface area contributed by atoms with Gasteiger partial charge in [0.1, 0.15) is 5.92 Å². The van der Waals surface area contributed by atoms with Gasteiger partial charge in [-0.1, -0.05) is 84.9 Å². The van der Waals surface area contributed by atoms with E-state index in [2.05, 4.69) is 0 Å². The van der Waals surface area contributed by atoms with Crippen molar-refractivity contribution < 1.29 is 9.59 Å². The maximum absolute atomic E-state index is 13.8. The number of anilines is 1. The average molecular weight is 418 g/mol. The molecule has 0 saturated carbocycles. The summed E-state index contributed by atoms with van der Waals surface area (Å²) in [5.41, 5.74) is 6.32. The van der Waals surface area contributed by atoms with Crippen molar-refractivity contribution in [3.8, 4) is 22.3 Å². The Morgan fingerprint density at radius 1 is 0.562 bits per heavy atom. The summed E-state index contributed by atoms with van der Waals surface area (Å²) in [5, 5.41) is 0. The number of hydrogen-bond acceptors (Lipinski definition) is 3. The molecule has 0 atom stereocenters. The molecule has 3 heteroatoms. The smallest absolute Gasteiger partial charge is 0.179 e. The van der Waals surface area contributed by atoms with Crippen LogP contribution in [-0.4, -0.2) is 25.7 Å². The van der Waals surface area contributed by atoms with E-state index in [1.807, 2.05) is 116 Å². The first kappa shape index (κ1) is 20.0. The zero-order chi connectivity index (χ0) is 22.2. The van der Waals surface area contributed by atoms with Gasteiger partial charge in [-0.2, -0.15) is 0 Å². The van der Waals surface area contributed by atoms with E-state index in [0.29, 0.717) is 11.1 Å². The molecule has 0 aromatic heterocycles. The van der Waals surface area contributed by atoms with Crippen molar-refractivity contribution in [3.05, 3.63) is 114 Å². The van der Waals surface area contributed by atoms with Gasteiger partial charge in [0.15, 0.2) is 11.6 Å². The van der Waals surface area contributed by atoms with Gasteiger partial charge in [0.2, 0.25) is 0 Å². The van der Waals surface area contributed by atoms with Crippen molar-refractivity contribution in [3.63, 3.8) is 0 Å². The Bertz CT molecular complexity index is 1230. The van der Waals surface area contributed by atoms with Crippen LogP contribution in [0.5, 0.6) is 0 Å². The van der Waals surface area contributed by atoms with Crippen molar-refractivity contribution in [2.45, 2.75) is 5.92 Å². The largest absolute Gasteiger partial charge is 0.378 e. The fourth-order valence-electron chi connectivity index (χ4n) is 4.51. The third kappa shape index (κ3) is 3.23. The van der Waals surface area contributed by atoms with Crippen LogP contribution in [0.3, 0.4) is 0 Å². The number of nitrogens with zero attached hydrogens (tertiary/aromatic N) is 1. The van der Waals surface area contributed by atoms with Crippen molar-refractivity contribution in [2.75, 3.05) is 19.0 Å². The van der Waals surface area contributed by atoms with Crippen LogP contribution in [0.2, 0.25) is 0 Å². The monoisotopic (exact) mass is 417 g/mol. The summed E-state index contributed by atoms with van der Waals surface area (Å²) in [6, 6.07) is 31.3. The van der Waals surface area contributed by atoms with Gasteiger partial charge >= 0.3 is 0 Å². The minimum Gasteiger partial charge on any atom is -0.378 e. The predicted molar refractivity (Wildman–Crippen MR) is 129 cm³/mol. The molecule has 0 amide bonds. The molecule has 0 aliphatic heterocycles. The third-order valence-electron chi connectivity index (χ3n) is 6.13. The van der Waals surface area contributed by atoms with E-state index in [1.54, 1.807) is 0 Å². The van der Waals surface area contributed by atoms with Gasteiger partial charge in [-0.25, -0.2) is 0 Å². The minimum atomic E-state index is -0.812. The highest BCUT2D eigenvalue weighted by atomic mass is 16.2. The van der Waals surface area contributed by atoms with Crippen LogP contribution >= 0.6 is 0 Å². The molecule has 3 nitrogen and oxygen atoms in total. The minimum absolute atomic E-state index is 0.126. The van der Waals surface area contributed by atoms with Gasteiger partial charge in [-0.3, -0.25) is 9.59 Å². The summed E-state index contributed by atoms with van der Waals surface area (Å²) >= 11 is 0. The average Bonchev–Trinajstić information content (AvgIpc) is 3.10. The van der Waals surface area contributed by atoms with Crippen LogP contribution in [-0.2, 0) is 0 Å². The van der Waals surface area contributed by atoms with E-state index in [9.17, 15) is 9.59 Å². The molecule has 0 saturated heterocycles. The molecule has 1 aliphatic carbocycles. The lowest BCUT2D eigenvalue weighted by Crippen LogP contribution is -2.14. The molecule has 156 valence electrons. The standard InChI is InChI=1S/C29H23NO2/c1-30(2)22-15-13-21(14-16-22)25-28(31)26-23(19-9-5-3-6-10-19)17-18-24(27(26)29(25)32)20-11-7-4-8-12-20/h3-18,25H,1-2H3. The number of rotatable bonds is 4. The number of benzene rings is 4. The summed E-state index contributed by atoms with van der Waals surface area (Å²) in [6.07, 6.45) is 0. The fraction of sp³-hybridized carbons (Fsp3) is 0.103. The quantitative estimate of drug-likeness (QED) is 0.368. The van der Waals surface area contributed by atoms with Crippen molar-refractivity contribution in [1.82, 2.24) is 0 Å². The second-order valence-electron chi connectivity index (χ2n) is 8.29. The van der Waals surface area contributed by atoms with Gasteiger partial charge < -0.3 is 4.90 Å². The molecular weight excluding hydrogens is 394 g/mol. The molecule has 4 aromatic carbocycles. The predicted octanol–water partition coefficient (Wildman–Crippen LogP) is 6.25. The van der Waals surface area contributed by atoms with Gasteiger partial charge in [0.25, 0.3) is 0 Å². The molecule has 0 radical (unpaired) electrons. The van der Waals surface area contributed by atoms with Gasteiger partial charge in [-0.05, 0) is 39.9 Å². The number of ketones is 2. The van der Waals surface area contributed by atoms with Crippen molar-refractivity contribution >= 4 is 17.3 Å². The van der Waals surface area contributed by atoms with Gasteiger partial charge in [-0.15, -0.1) is 0 Å². The summed E-state index contributed by atoms with van der Waals surface area (Å²) < 4.78 is 0. The molecule has 0 bridgehead atoms. The lowest BCUT2D eigenvalue weighted by molar-refractivity contribution is 0.0890. The number of carbonyl (C=O) groups excluding carboxylic acids is 2. The maximum Gasteiger partial charge on any atom is 0.179 e. The van der Waals surface area contributed by atoms with E-state index in [1.165, 1.54) is 0 Å². The Morgan fingerprint density at radius 3 is 1.41 bits per heavy atom. The second kappa shape index (κ2) is 7.93. The molecule has 4 aromatic rings. The molecular formula is C29H23NO2. The number of hydrogen-bond donors (Lipinski definition) is 0. The van der Waals surface area contributed by atoms with E-state index >= 15 is 0 Å². The fourth-order valence-corrected chi connectivity index (χ4v) is 4.51. The molecule has 5 rings (SSSR count). The van der Waals surface area contributed by atoms with Crippen LogP contribution in [0.4, 0.5) is 5.69 Å². The molecule has 1 aliphatic rings. The zero-order valence-electron chi connectivity index (χ0n) is 18.1. The SMILES string of the molecule is CN(C)c1ccc(C2C(=O)c3c(-c4ccccc4)ccc(-c4ccccc4)c3C2=O)cc1. The topological polar surface area (TPSA) is 37.4 Å². The van der Waals surface area contributed by atoms with Crippen LogP contribution in [0.1, 0.15) is 32.2 Å². The van der Waals surface area contributed by atoms with E-state index in [0.717, 1.165) is 33.5 Å². The Morgan fingerprint density at radius 2 is 1.00 bits per heavy atom. The highest BCUT2D eigenvalue weighted by Crippen LogP contribution is 2.44. The first-order valence-corrected chi connectivity index (χ1v) is 10.7. The van der Waals surface area contributed by atoms with E-state index in [4.69, 9.17) is 0 Å². The first-order chi connectivity index (χ1) is 15.6. The molecule has 32 heavy (non-hydrogen) atoms. The third-order valence-corrected chi connectivity index (χ3v) is 6.13. The van der Waals surface area contributed by atoms with Gasteiger partial charge in [0, 0.05) is 30.9 Å². The lowest BCUT2D eigenvalue weighted by atomic mass is 9.90. The van der Waals surface area contributed by atoms with Crippen molar-refractivity contribution in [1.29, 1.82) is 0 Å². The molecule has 0 heterocycles. The lowest BCUT2D eigenvalue weighted by Gasteiger charge is -2.14. The van der Waals surface area contributed by atoms with Crippen LogP contribution in [0.15, 0.2) is 97.1 Å². The van der Waals surface area contributed by atoms with Gasteiger partial charge in [0.05, 0.1) is 0 Å². The molecule has 0 spiro atoms. The van der Waals surface area contributed by atoms with Crippen LogP contribution in [0.25, 0.3) is 22.3 Å². The Hall–Kier alpha value is -3.98. The zero-order valence-corrected chi connectivity index (χ0v) is 18.1. The molecule has 0 N–H and O–H groups in total. The Kier molecular flexibility index (Phi) is 4.95. The van der Waals surface area contributed by atoms with Crippen LogP contribution in [0, 0.1) is 0 Å². The summed E-state index contributed by atoms with van der Waals surface area (Å²) in [5.74, 6) is -1.06. The summed E-state index contributed by atoms with van der Waals surface area (Å²) in [6.45, 7) is 0. The number of carbonyl (C=O) groups is 2. The number of Topliss-reactive ketones (excluding diaryl/α,β-unsaturated/α-hetero) is 2. The number of fused-ring (bicyclic) bond motifs is 1. The van der Waals surface area contributed by atoms with Crippen molar-refractivity contribution in [2.24, 2.45) is 0 Å². The Balaban J connectivity index is 1.71. The Labute approximate surface area is 188 Å². The first-order valence-electron chi connectivity index (χ1n) is 10.7. The van der Waals surface area contributed by atoms with E-state index in [-0.39, 0.29) is 11.6 Å². The maximum atomic E-state index is 13.8. The molecule has 0 fully saturated rings. The molecule has 0 unspecified atom stereocenters. The normalized spacial score (nSPS) is 13.3. The summed E-state index contributed by atoms with van der Waals surface area (Å²) in [4.78, 5) is 29.5.